The van der Waals surface area contributed by atoms with Crippen molar-refractivity contribution >= 4 is 33.6 Å². The molecule has 1 amide bonds. The first-order valence-electron chi connectivity index (χ1n) is 11.4. The molecule has 0 aliphatic heterocycles. The van der Waals surface area contributed by atoms with Gasteiger partial charge >= 0.3 is 0 Å². The van der Waals surface area contributed by atoms with Gasteiger partial charge in [-0.2, -0.15) is 5.10 Å². The smallest absolute Gasteiger partial charge is 0.256 e. The Balaban J connectivity index is 1.33. The summed E-state index contributed by atoms with van der Waals surface area (Å²) in [6.45, 7) is 0. The summed E-state index contributed by atoms with van der Waals surface area (Å²) in [5.74, 6) is 0.689. The summed E-state index contributed by atoms with van der Waals surface area (Å²) in [6.07, 6.45) is 1.66. The SMILES string of the molecule is O=C(Nc1sc(N/N=C/c2cccc(Oc3ccccc3)c2)nc1-c1ccccc1)c1ccc(F)cc1. The molecule has 4 aromatic carbocycles. The number of nitrogens with one attached hydrogen (secondary N) is 2. The van der Waals surface area contributed by atoms with Crippen molar-refractivity contribution in [1.82, 2.24) is 4.98 Å². The number of amides is 1. The number of ether oxygens (including phenoxy) is 1. The molecule has 1 aromatic heterocycles. The topological polar surface area (TPSA) is 75.6 Å². The Hall–Kier alpha value is -4.82. The average Bonchev–Trinajstić information content (AvgIpc) is 3.32. The van der Waals surface area contributed by atoms with Gasteiger partial charge in [0.2, 0.25) is 5.13 Å². The molecule has 0 radical (unpaired) electrons. The number of carbonyl (C=O) groups excluding carboxylic acids is 1. The standard InChI is InChI=1S/C29H21FN4O2S/c30-23-16-14-22(15-17-23)27(35)33-28-26(21-9-3-1-4-10-21)32-29(37-28)34-31-19-20-8-7-13-25(18-20)36-24-11-5-2-6-12-24/h1-19H,(H,32,34)(H,33,35)/b31-19+. The van der Waals surface area contributed by atoms with E-state index in [4.69, 9.17) is 4.74 Å². The zero-order chi connectivity index (χ0) is 25.5. The first-order valence-corrected chi connectivity index (χ1v) is 12.2. The van der Waals surface area contributed by atoms with Crippen LogP contribution in [0.5, 0.6) is 11.5 Å². The molecule has 6 nitrogen and oxygen atoms in total. The molecule has 0 aliphatic carbocycles. The Morgan fingerprint density at radius 1 is 0.865 bits per heavy atom. The van der Waals surface area contributed by atoms with Crippen molar-refractivity contribution < 1.29 is 13.9 Å². The van der Waals surface area contributed by atoms with E-state index < -0.39 is 5.82 Å². The van der Waals surface area contributed by atoms with Crippen molar-refractivity contribution in [2.45, 2.75) is 0 Å². The van der Waals surface area contributed by atoms with Gasteiger partial charge in [0.15, 0.2) is 0 Å². The highest BCUT2D eigenvalue weighted by Crippen LogP contribution is 2.36. The van der Waals surface area contributed by atoms with Gasteiger partial charge in [0, 0.05) is 11.1 Å². The molecular weight excluding hydrogens is 487 g/mol. The van der Waals surface area contributed by atoms with Crippen LogP contribution in [0, 0.1) is 5.82 Å². The maximum Gasteiger partial charge on any atom is 0.256 e. The highest BCUT2D eigenvalue weighted by Gasteiger charge is 2.16. The largest absolute Gasteiger partial charge is 0.457 e. The van der Waals surface area contributed by atoms with Crippen molar-refractivity contribution in [2.75, 3.05) is 10.7 Å². The summed E-state index contributed by atoms with van der Waals surface area (Å²) < 4.78 is 19.1. The number of halogens is 1. The minimum Gasteiger partial charge on any atom is -0.457 e. The molecule has 0 atom stereocenters. The van der Waals surface area contributed by atoms with Crippen LogP contribution in [-0.2, 0) is 0 Å². The summed E-state index contributed by atoms with van der Waals surface area (Å²) in [4.78, 5) is 17.4. The molecule has 5 rings (SSSR count). The van der Waals surface area contributed by atoms with E-state index >= 15 is 0 Å². The zero-order valence-electron chi connectivity index (χ0n) is 19.5. The third kappa shape index (κ3) is 6.25. The van der Waals surface area contributed by atoms with E-state index in [1.54, 1.807) is 6.21 Å². The summed E-state index contributed by atoms with van der Waals surface area (Å²) in [6, 6.07) is 32.0. The molecule has 0 spiro atoms. The van der Waals surface area contributed by atoms with Crippen molar-refractivity contribution in [1.29, 1.82) is 0 Å². The summed E-state index contributed by atoms with van der Waals surface area (Å²) in [7, 11) is 0. The first-order chi connectivity index (χ1) is 18.1. The molecule has 182 valence electrons. The maximum atomic E-state index is 13.3. The minimum absolute atomic E-state index is 0.346. The van der Waals surface area contributed by atoms with Gasteiger partial charge in [-0.25, -0.2) is 9.37 Å². The second-order valence-electron chi connectivity index (χ2n) is 7.88. The summed E-state index contributed by atoms with van der Waals surface area (Å²) in [5, 5.41) is 8.26. The van der Waals surface area contributed by atoms with E-state index in [2.05, 4.69) is 20.8 Å². The number of thiazole rings is 1. The third-order valence-electron chi connectivity index (χ3n) is 5.22. The van der Waals surface area contributed by atoms with Crippen LogP contribution in [0.25, 0.3) is 11.3 Å². The van der Waals surface area contributed by atoms with E-state index in [9.17, 15) is 9.18 Å². The van der Waals surface area contributed by atoms with Crippen molar-refractivity contribution in [2.24, 2.45) is 5.10 Å². The fourth-order valence-corrected chi connectivity index (χ4v) is 4.30. The number of aromatic nitrogens is 1. The first kappa shape index (κ1) is 23.9. The number of benzene rings is 4. The van der Waals surface area contributed by atoms with Crippen molar-refractivity contribution in [3.8, 4) is 22.8 Å². The maximum absolute atomic E-state index is 13.3. The van der Waals surface area contributed by atoms with Gasteiger partial charge in [0.05, 0.1) is 6.21 Å². The molecule has 2 N–H and O–H groups in total. The summed E-state index contributed by atoms with van der Waals surface area (Å²) >= 11 is 1.25. The Bertz CT molecular complexity index is 1520. The van der Waals surface area contributed by atoms with Gasteiger partial charge in [-0.3, -0.25) is 10.2 Å². The van der Waals surface area contributed by atoms with E-state index in [0.717, 1.165) is 16.9 Å². The predicted octanol–water partition coefficient (Wildman–Crippen LogP) is 7.44. The Morgan fingerprint density at radius 2 is 1.57 bits per heavy atom. The van der Waals surface area contributed by atoms with Gasteiger partial charge in [-0.05, 0) is 54.1 Å². The molecule has 0 bridgehead atoms. The average molecular weight is 509 g/mol. The number of para-hydroxylation sites is 1. The lowest BCUT2D eigenvalue weighted by Gasteiger charge is -2.05. The number of hydrazone groups is 1. The molecule has 0 saturated carbocycles. The van der Waals surface area contributed by atoms with Crippen LogP contribution >= 0.6 is 11.3 Å². The van der Waals surface area contributed by atoms with Crippen LogP contribution in [-0.4, -0.2) is 17.1 Å². The van der Waals surface area contributed by atoms with Crippen LogP contribution in [0.3, 0.4) is 0 Å². The molecule has 37 heavy (non-hydrogen) atoms. The number of carbonyl (C=O) groups is 1. The van der Waals surface area contributed by atoms with Gasteiger partial charge in [-0.1, -0.05) is 72.0 Å². The van der Waals surface area contributed by atoms with Gasteiger partial charge in [-0.15, -0.1) is 0 Å². The minimum atomic E-state index is -0.402. The lowest BCUT2D eigenvalue weighted by molar-refractivity contribution is 0.102. The van der Waals surface area contributed by atoms with Gasteiger partial charge in [0.1, 0.15) is 28.0 Å². The molecule has 0 saturated heterocycles. The fourth-order valence-electron chi connectivity index (χ4n) is 3.47. The van der Waals surface area contributed by atoms with E-state index in [1.165, 1.54) is 35.6 Å². The van der Waals surface area contributed by atoms with Gasteiger partial charge < -0.3 is 10.1 Å². The number of anilines is 2. The molecule has 0 fully saturated rings. The number of hydrogen-bond acceptors (Lipinski definition) is 6. The van der Waals surface area contributed by atoms with Crippen LogP contribution in [0.2, 0.25) is 0 Å². The molecule has 8 heteroatoms. The second kappa shape index (κ2) is 11.3. The molecule has 0 unspecified atom stereocenters. The van der Waals surface area contributed by atoms with Crippen LogP contribution < -0.4 is 15.5 Å². The monoisotopic (exact) mass is 508 g/mol. The summed E-state index contributed by atoms with van der Waals surface area (Å²) in [5.41, 5.74) is 5.59. The zero-order valence-corrected chi connectivity index (χ0v) is 20.3. The van der Waals surface area contributed by atoms with Crippen LogP contribution in [0.4, 0.5) is 14.5 Å². The second-order valence-corrected chi connectivity index (χ2v) is 8.88. The molecule has 1 heterocycles. The Kier molecular flexibility index (Phi) is 7.29. The van der Waals surface area contributed by atoms with Crippen molar-refractivity contribution in [3.63, 3.8) is 0 Å². The lowest BCUT2D eigenvalue weighted by Crippen LogP contribution is -2.11. The Labute approximate surface area is 217 Å². The van der Waals surface area contributed by atoms with E-state index in [1.807, 2.05) is 84.9 Å². The highest BCUT2D eigenvalue weighted by molar-refractivity contribution is 7.20. The predicted molar refractivity (Wildman–Crippen MR) is 146 cm³/mol. The number of hydrogen-bond donors (Lipinski definition) is 2. The lowest BCUT2D eigenvalue weighted by atomic mass is 10.1. The quantitative estimate of drug-likeness (QED) is 0.169. The Morgan fingerprint density at radius 3 is 2.32 bits per heavy atom. The number of nitrogens with zero attached hydrogens (tertiary/aromatic N) is 2. The normalized spacial score (nSPS) is 10.8. The van der Waals surface area contributed by atoms with E-state index in [0.29, 0.717) is 27.1 Å². The molecule has 5 aromatic rings. The van der Waals surface area contributed by atoms with Gasteiger partial charge in [0.25, 0.3) is 5.91 Å². The fraction of sp³-hybridized carbons (Fsp3) is 0. The van der Waals surface area contributed by atoms with Crippen LogP contribution in [0.15, 0.2) is 114 Å². The molecule has 0 aliphatic rings. The van der Waals surface area contributed by atoms with Crippen molar-refractivity contribution in [3.05, 3.63) is 126 Å². The molecular formula is C29H21FN4O2S. The highest BCUT2D eigenvalue weighted by atomic mass is 32.1. The third-order valence-corrected chi connectivity index (χ3v) is 6.09. The van der Waals surface area contributed by atoms with Crippen LogP contribution in [0.1, 0.15) is 15.9 Å². The number of rotatable bonds is 8. The van der Waals surface area contributed by atoms with E-state index in [-0.39, 0.29) is 5.91 Å².